The molecule has 0 fully saturated rings. The zero-order chi connectivity index (χ0) is 12.6. The fourth-order valence-corrected chi connectivity index (χ4v) is 1.53. The molecule has 1 heterocycles. The lowest BCUT2D eigenvalue weighted by Gasteiger charge is -2.12. The maximum atomic E-state index is 13.4. The Morgan fingerprint density at radius 3 is 2.53 bits per heavy atom. The van der Waals surface area contributed by atoms with E-state index in [1.165, 1.54) is 10.8 Å². The summed E-state index contributed by atoms with van der Waals surface area (Å²) in [5.41, 5.74) is -0.349. The minimum Gasteiger partial charge on any atom is -0.380 e. The molecule has 6 heteroatoms. The second kappa shape index (κ2) is 4.21. The fraction of sp³-hybridized carbons (Fsp3) is 0.182. The summed E-state index contributed by atoms with van der Waals surface area (Å²) in [4.78, 5) is 3.82. The van der Waals surface area contributed by atoms with Gasteiger partial charge in [0.25, 0.3) is 0 Å². The molecule has 1 N–H and O–H groups in total. The minimum absolute atomic E-state index is 0.148. The first-order valence-corrected chi connectivity index (χ1v) is 4.81. The van der Waals surface area contributed by atoms with Crippen LogP contribution >= 0.6 is 0 Å². The smallest absolute Gasteiger partial charge is 0.194 e. The first kappa shape index (κ1) is 11.7. The van der Waals surface area contributed by atoms with E-state index < -0.39 is 23.6 Å². The lowest BCUT2D eigenvalue weighted by molar-refractivity contribution is 0.199. The van der Waals surface area contributed by atoms with Crippen molar-refractivity contribution in [1.29, 1.82) is 0 Å². The second-order valence-corrected chi connectivity index (χ2v) is 3.56. The molecule has 0 spiro atoms. The van der Waals surface area contributed by atoms with Crippen LogP contribution in [0.4, 0.5) is 13.2 Å². The Morgan fingerprint density at radius 2 is 1.94 bits per heavy atom. The van der Waals surface area contributed by atoms with E-state index in [1.54, 1.807) is 13.2 Å². The van der Waals surface area contributed by atoms with Crippen LogP contribution in [-0.4, -0.2) is 14.7 Å². The Balaban J connectivity index is 2.48. The van der Waals surface area contributed by atoms with Crippen LogP contribution in [0.1, 0.15) is 17.5 Å². The van der Waals surface area contributed by atoms with Gasteiger partial charge in [-0.25, -0.2) is 18.2 Å². The molecule has 0 aliphatic heterocycles. The number of aliphatic hydroxyl groups is 1. The molecule has 0 bridgehead atoms. The van der Waals surface area contributed by atoms with E-state index >= 15 is 0 Å². The third-order valence-electron chi connectivity index (χ3n) is 2.46. The molecule has 0 radical (unpaired) electrons. The maximum Gasteiger partial charge on any atom is 0.194 e. The van der Waals surface area contributed by atoms with Gasteiger partial charge in [0.1, 0.15) is 11.9 Å². The number of imidazole rings is 1. The lowest BCUT2D eigenvalue weighted by Crippen LogP contribution is -2.10. The summed E-state index contributed by atoms with van der Waals surface area (Å²) >= 11 is 0. The van der Waals surface area contributed by atoms with Crippen LogP contribution in [-0.2, 0) is 7.05 Å². The number of rotatable bonds is 2. The summed E-state index contributed by atoms with van der Waals surface area (Å²) < 4.78 is 40.6. The molecular weight excluding hydrogens is 233 g/mol. The quantitative estimate of drug-likeness (QED) is 0.817. The zero-order valence-electron chi connectivity index (χ0n) is 8.86. The van der Waals surface area contributed by atoms with Gasteiger partial charge in [0.05, 0.1) is 0 Å². The van der Waals surface area contributed by atoms with Crippen LogP contribution in [0.2, 0.25) is 0 Å². The highest BCUT2D eigenvalue weighted by Gasteiger charge is 2.22. The number of benzene rings is 1. The van der Waals surface area contributed by atoms with Crippen molar-refractivity contribution in [2.45, 2.75) is 6.10 Å². The fourth-order valence-electron chi connectivity index (χ4n) is 1.53. The van der Waals surface area contributed by atoms with Gasteiger partial charge in [-0.2, -0.15) is 0 Å². The third-order valence-corrected chi connectivity index (χ3v) is 2.46. The average molecular weight is 242 g/mol. The Hall–Kier alpha value is -1.82. The highest BCUT2D eigenvalue weighted by Crippen LogP contribution is 2.25. The zero-order valence-corrected chi connectivity index (χ0v) is 8.86. The molecule has 1 aromatic heterocycles. The number of aromatic nitrogens is 2. The molecule has 1 atom stereocenters. The third kappa shape index (κ3) is 1.91. The molecule has 1 unspecified atom stereocenters. The molecule has 0 amide bonds. The molecule has 90 valence electrons. The molecule has 0 saturated carbocycles. The molecule has 0 aliphatic rings. The molecule has 2 rings (SSSR count). The molecule has 0 aliphatic carbocycles. The van der Waals surface area contributed by atoms with Crippen LogP contribution in [0.3, 0.4) is 0 Å². The number of halogens is 3. The SMILES string of the molecule is Cn1ccnc1C(O)c1ccc(F)c(F)c1F. The van der Waals surface area contributed by atoms with Crippen LogP contribution in [0.5, 0.6) is 0 Å². The van der Waals surface area contributed by atoms with Gasteiger partial charge in [-0.05, 0) is 12.1 Å². The van der Waals surface area contributed by atoms with Crippen LogP contribution < -0.4 is 0 Å². The molecular formula is C11H9F3N2O. The van der Waals surface area contributed by atoms with Crippen molar-refractivity contribution in [1.82, 2.24) is 9.55 Å². The number of hydrogen-bond acceptors (Lipinski definition) is 2. The molecule has 17 heavy (non-hydrogen) atoms. The summed E-state index contributed by atoms with van der Waals surface area (Å²) in [7, 11) is 1.60. The number of aryl methyl sites for hydroxylation is 1. The Kier molecular flexibility index (Phi) is 2.89. The van der Waals surface area contributed by atoms with Crippen LogP contribution in [0, 0.1) is 17.5 Å². The Bertz CT molecular complexity index is 554. The first-order valence-electron chi connectivity index (χ1n) is 4.81. The standard InChI is InChI=1S/C11H9F3N2O/c1-16-5-4-15-11(16)10(17)6-2-3-7(12)9(14)8(6)13/h2-5,10,17H,1H3. The normalized spacial score (nSPS) is 12.8. The summed E-state index contributed by atoms with van der Waals surface area (Å²) in [6, 6.07) is 1.76. The largest absolute Gasteiger partial charge is 0.380 e. The van der Waals surface area contributed by atoms with E-state index in [0.717, 1.165) is 12.1 Å². The average Bonchev–Trinajstić information content (AvgIpc) is 2.72. The summed E-state index contributed by atoms with van der Waals surface area (Å²) in [5, 5.41) is 9.85. The van der Waals surface area contributed by atoms with E-state index in [0.29, 0.717) is 0 Å². The van der Waals surface area contributed by atoms with Crippen molar-refractivity contribution in [3.63, 3.8) is 0 Å². The monoisotopic (exact) mass is 242 g/mol. The number of nitrogens with zero attached hydrogens (tertiary/aromatic N) is 2. The van der Waals surface area contributed by atoms with Crippen molar-refractivity contribution in [3.05, 3.63) is 53.4 Å². The lowest BCUT2D eigenvalue weighted by atomic mass is 10.1. The van der Waals surface area contributed by atoms with Crippen molar-refractivity contribution < 1.29 is 18.3 Å². The van der Waals surface area contributed by atoms with Crippen LogP contribution in [0.25, 0.3) is 0 Å². The molecule has 0 saturated heterocycles. The highest BCUT2D eigenvalue weighted by atomic mass is 19.2. The highest BCUT2D eigenvalue weighted by molar-refractivity contribution is 5.26. The summed E-state index contributed by atoms with van der Waals surface area (Å²) in [6.07, 6.45) is 1.53. The Morgan fingerprint density at radius 1 is 1.24 bits per heavy atom. The second-order valence-electron chi connectivity index (χ2n) is 3.56. The van der Waals surface area contributed by atoms with Gasteiger partial charge in [-0.1, -0.05) is 0 Å². The van der Waals surface area contributed by atoms with E-state index in [9.17, 15) is 18.3 Å². The molecule has 1 aromatic carbocycles. The van der Waals surface area contributed by atoms with E-state index in [2.05, 4.69) is 4.98 Å². The Labute approximate surface area is 95.1 Å². The topological polar surface area (TPSA) is 38.0 Å². The minimum atomic E-state index is -1.60. The van der Waals surface area contributed by atoms with E-state index in [-0.39, 0.29) is 11.4 Å². The van der Waals surface area contributed by atoms with Gasteiger partial charge >= 0.3 is 0 Å². The van der Waals surface area contributed by atoms with Crippen LogP contribution in [0.15, 0.2) is 24.5 Å². The van der Waals surface area contributed by atoms with Gasteiger partial charge in [-0.15, -0.1) is 0 Å². The van der Waals surface area contributed by atoms with Crippen molar-refractivity contribution in [2.24, 2.45) is 7.05 Å². The number of aliphatic hydroxyl groups excluding tert-OH is 1. The molecule has 2 aromatic rings. The predicted octanol–water partition coefficient (Wildman–Crippen LogP) is 1.92. The van der Waals surface area contributed by atoms with E-state index in [1.807, 2.05) is 0 Å². The van der Waals surface area contributed by atoms with Gasteiger partial charge in [-0.3, -0.25) is 0 Å². The number of hydrogen-bond donors (Lipinski definition) is 1. The maximum absolute atomic E-state index is 13.4. The summed E-state index contributed by atoms with van der Waals surface area (Å²) in [5.74, 6) is -4.15. The van der Waals surface area contributed by atoms with E-state index in [4.69, 9.17) is 0 Å². The van der Waals surface area contributed by atoms with Gasteiger partial charge in [0.2, 0.25) is 0 Å². The summed E-state index contributed by atoms with van der Waals surface area (Å²) in [6.45, 7) is 0. The van der Waals surface area contributed by atoms with Gasteiger partial charge in [0.15, 0.2) is 17.5 Å². The van der Waals surface area contributed by atoms with Crippen molar-refractivity contribution in [2.75, 3.05) is 0 Å². The van der Waals surface area contributed by atoms with Gasteiger partial charge in [0, 0.05) is 25.0 Å². The molecule has 3 nitrogen and oxygen atoms in total. The van der Waals surface area contributed by atoms with Gasteiger partial charge < -0.3 is 9.67 Å². The predicted molar refractivity (Wildman–Crippen MR) is 53.6 cm³/mol. The first-order chi connectivity index (χ1) is 8.02. The van der Waals surface area contributed by atoms with Crippen molar-refractivity contribution in [3.8, 4) is 0 Å². The van der Waals surface area contributed by atoms with Crippen molar-refractivity contribution >= 4 is 0 Å².